The summed E-state index contributed by atoms with van der Waals surface area (Å²) in [5, 5.41) is 13.2. The molecule has 2 aliphatic carbocycles. The number of nitrogens with zero attached hydrogens (tertiary/aromatic N) is 3. The van der Waals surface area contributed by atoms with Gasteiger partial charge in [0.1, 0.15) is 0 Å². The monoisotopic (exact) mass is 653 g/mol. The van der Waals surface area contributed by atoms with Gasteiger partial charge in [-0.3, -0.25) is 24.5 Å². The summed E-state index contributed by atoms with van der Waals surface area (Å²) < 4.78 is 0.857. The zero-order chi connectivity index (χ0) is 24.3. The number of carbonyl (C=O) groups excluding carboxylic acids is 3. The van der Waals surface area contributed by atoms with E-state index in [1.807, 2.05) is 12.1 Å². The van der Waals surface area contributed by atoms with Crippen LogP contribution in [0.15, 0.2) is 53.0 Å². The first-order chi connectivity index (χ1) is 16.2. The molecule has 0 aromatic heterocycles. The lowest BCUT2D eigenvalue weighted by Crippen LogP contribution is -2.50. The molecule has 1 aliphatic heterocycles. The van der Waals surface area contributed by atoms with E-state index in [0.29, 0.717) is 0 Å². The van der Waals surface area contributed by atoms with E-state index in [4.69, 9.17) is 0 Å². The van der Waals surface area contributed by atoms with Crippen LogP contribution in [-0.4, -0.2) is 42.3 Å². The fraction of sp³-hybridized carbons (Fsp3) is 0.348. The number of alkyl halides is 2. The van der Waals surface area contributed by atoms with Crippen LogP contribution in [0.3, 0.4) is 0 Å². The Labute approximate surface area is 220 Å². The highest BCUT2D eigenvalue weighted by Crippen LogP contribution is 2.60. The molecule has 2 saturated carbocycles. The third-order valence-corrected chi connectivity index (χ3v) is 10.7. The molecule has 0 N–H and O–H groups in total. The van der Waals surface area contributed by atoms with Gasteiger partial charge >= 0.3 is 0 Å². The number of nitro groups is 1. The van der Waals surface area contributed by atoms with Gasteiger partial charge in [-0.25, -0.2) is 5.01 Å². The lowest BCUT2D eigenvalue weighted by molar-refractivity contribution is -0.384. The van der Waals surface area contributed by atoms with Gasteiger partial charge in [-0.05, 0) is 48.1 Å². The number of nitro benzene ring substituents is 1. The summed E-state index contributed by atoms with van der Waals surface area (Å²) in [7, 11) is 0. The predicted octanol–water partition coefficient (Wildman–Crippen LogP) is 4.69. The Hall–Kier alpha value is -2.11. The first kappa shape index (κ1) is 23.6. The van der Waals surface area contributed by atoms with E-state index in [9.17, 15) is 24.5 Å². The quantitative estimate of drug-likeness (QED) is 0.201. The average molecular weight is 656 g/mol. The molecule has 6 atom stereocenters. The Morgan fingerprint density at radius 2 is 1.50 bits per heavy atom. The number of hydrogen-bond donors (Lipinski definition) is 0. The van der Waals surface area contributed by atoms with Crippen molar-refractivity contribution in [1.29, 1.82) is 0 Å². The third-order valence-electron chi connectivity index (χ3n) is 7.01. The topological polar surface area (TPSA) is 101 Å². The fourth-order valence-electron chi connectivity index (χ4n) is 5.44. The number of carbonyl (C=O) groups is 3. The Bertz CT molecular complexity index is 1160. The van der Waals surface area contributed by atoms with Crippen molar-refractivity contribution in [2.24, 2.45) is 23.7 Å². The van der Waals surface area contributed by atoms with E-state index < -0.39 is 22.7 Å². The van der Waals surface area contributed by atoms with Gasteiger partial charge in [0, 0.05) is 31.8 Å². The molecule has 8 nitrogen and oxygen atoms in total. The molecule has 1 saturated heterocycles. The smallest absolute Gasteiger partial charge is 0.272 e. The minimum Gasteiger partial charge on any atom is -0.272 e. The molecule has 0 spiro atoms. The van der Waals surface area contributed by atoms with Gasteiger partial charge in [-0.15, -0.1) is 0 Å². The van der Waals surface area contributed by atoms with E-state index in [1.54, 1.807) is 12.1 Å². The molecule has 1 heterocycles. The molecule has 3 aliphatic rings. The first-order valence-corrected chi connectivity index (χ1v) is 13.3. The van der Waals surface area contributed by atoms with Crippen molar-refractivity contribution in [1.82, 2.24) is 10.0 Å². The number of fused-ring (bicyclic) bond motifs is 5. The van der Waals surface area contributed by atoms with E-state index in [2.05, 4.69) is 47.8 Å². The maximum atomic E-state index is 13.6. The zero-order valence-electron chi connectivity index (χ0n) is 17.5. The molecule has 176 valence electrons. The van der Waals surface area contributed by atoms with E-state index >= 15 is 0 Å². The third kappa shape index (κ3) is 3.72. The Morgan fingerprint density at radius 1 is 0.971 bits per heavy atom. The van der Waals surface area contributed by atoms with Gasteiger partial charge in [0.25, 0.3) is 23.4 Å². The highest BCUT2D eigenvalue weighted by molar-refractivity contribution is 9.12. The van der Waals surface area contributed by atoms with Crippen molar-refractivity contribution in [2.75, 3.05) is 0 Å². The molecule has 2 bridgehead atoms. The van der Waals surface area contributed by atoms with Crippen molar-refractivity contribution in [2.45, 2.75) is 22.6 Å². The maximum absolute atomic E-state index is 13.6. The molecule has 34 heavy (non-hydrogen) atoms. The summed E-state index contributed by atoms with van der Waals surface area (Å²) in [5.74, 6) is -2.19. The van der Waals surface area contributed by atoms with Crippen LogP contribution in [0.5, 0.6) is 0 Å². The molecule has 0 radical (unpaired) electrons. The van der Waals surface area contributed by atoms with Crippen molar-refractivity contribution in [3.63, 3.8) is 0 Å². The lowest BCUT2D eigenvalue weighted by atomic mass is 9.81. The van der Waals surface area contributed by atoms with Gasteiger partial charge in [0.2, 0.25) is 0 Å². The largest absolute Gasteiger partial charge is 0.273 e. The number of benzene rings is 2. The van der Waals surface area contributed by atoms with Crippen LogP contribution in [0.25, 0.3) is 0 Å². The summed E-state index contributed by atoms with van der Waals surface area (Å²) in [6.45, 7) is 0.00480. The zero-order valence-corrected chi connectivity index (χ0v) is 22.3. The molecule has 3 fully saturated rings. The van der Waals surface area contributed by atoms with Gasteiger partial charge < -0.3 is 0 Å². The van der Waals surface area contributed by atoms with Crippen molar-refractivity contribution in [3.05, 3.63) is 74.2 Å². The van der Waals surface area contributed by atoms with Crippen molar-refractivity contribution in [3.8, 4) is 0 Å². The Balaban J connectivity index is 1.51. The summed E-state index contributed by atoms with van der Waals surface area (Å²) in [6, 6.07) is 12.4. The van der Waals surface area contributed by atoms with E-state index in [1.165, 1.54) is 29.3 Å². The molecule has 2 aromatic rings. The van der Waals surface area contributed by atoms with Gasteiger partial charge in [-0.2, -0.15) is 5.01 Å². The van der Waals surface area contributed by atoms with E-state index in [0.717, 1.165) is 21.5 Å². The number of rotatable bonds is 5. The number of non-ortho nitro benzene ring substituents is 1. The van der Waals surface area contributed by atoms with Gasteiger partial charge in [-0.1, -0.05) is 59.9 Å². The molecule has 3 amide bonds. The summed E-state index contributed by atoms with van der Waals surface area (Å²) in [6.07, 6.45) is 0.787. The van der Waals surface area contributed by atoms with Crippen LogP contribution in [0.2, 0.25) is 0 Å². The van der Waals surface area contributed by atoms with Crippen LogP contribution < -0.4 is 0 Å². The Kier molecular flexibility index (Phi) is 6.14. The van der Waals surface area contributed by atoms with Crippen LogP contribution in [0.4, 0.5) is 5.69 Å². The highest BCUT2D eigenvalue weighted by Gasteiger charge is 2.67. The molecular weight excluding hydrogens is 638 g/mol. The fourth-order valence-corrected chi connectivity index (χ4v) is 7.58. The van der Waals surface area contributed by atoms with Crippen LogP contribution in [0, 0.1) is 33.8 Å². The minimum absolute atomic E-state index is 0.00480. The van der Waals surface area contributed by atoms with Crippen LogP contribution in [0.1, 0.15) is 22.3 Å². The molecule has 11 heteroatoms. The van der Waals surface area contributed by atoms with Crippen LogP contribution in [-0.2, 0) is 16.1 Å². The molecule has 0 unspecified atom stereocenters. The van der Waals surface area contributed by atoms with Gasteiger partial charge in [0.05, 0.1) is 23.3 Å². The number of hydrazine groups is 1. The first-order valence-electron chi connectivity index (χ1n) is 10.7. The maximum Gasteiger partial charge on any atom is 0.273 e. The average Bonchev–Trinajstić information content (AvgIpc) is 3.43. The predicted molar refractivity (Wildman–Crippen MR) is 133 cm³/mol. The summed E-state index contributed by atoms with van der Waals surface area (Å²) in [5.41, 5.74) is 0.734. The number of halogens is 3. The standard InChI is InChI=1S/C23H18Br3N3O5/c24-13-5-1-11(2-6-13)10-27(21(30)12-3-7-14(8-4-12)29(33)34)28-22(31)17-15-9-16(18(17)23(28)32)20(26)19(15)25/h1-8,15-20H,9-10H2/t15-,16-,17-,18-,19+,20+/m1/s1. The second kappa shape index (κ2) is 8.83. The summed E-state index contributed by atoms with van der Waals surface area (Å²) in [4.78, 5) is 51.4. The lowest BCUT2D eigenvalue weighted by Gasteiger charge is -2.31. The molecule has 5 rings (SSSR count). The van der Waals surface area contributed by atoms with Crippen LogP contribution >= 0.6 is 47.8 Å². The second-order valence-corrected chi connectivity index (χ2v) is 11.8. The number of amides is 3. The molecule has 2 aromatic carbocycles. The summed E-state index contributed by atoms with van der Waals surface area (Å²) >= 11 is 10.7. The normalized spacial score (nSPS) is 29.4. The number of imide groups is 1. The minimum atomic E-state index is -0.572. The second-order valence-electron chi connectivity index (χ2n) is 8.79. The molecular formula is C23H18Br3N3O5. The number of hydrogen-bond acceptors (Lipinski definition) is 5. The Morgan fingerprint density at radius 3 is 2.00 bits per heavy atom. The van der Waals surface area contributed by atoms with Crippen molar-refractivity contribution < 1.29 is 19.3 Å². The van der Waals surface area contributed by atoms with E-state index in [-0.39, 0.29) is 51.1 Å². The van der Waals surface area contributed by atoms with Crippen molar-refractivity contribution >= 4 is 71.2 Å². The van der Waals surface area contributed by atoms with Gasteiger partial charge in [0.15, 0.2) is 0 Å². The SMILES string of the molecule is O=C(c1ccc([N+](=O)[O-])cc1)N(Cc1ccc(Br)cc1)N1C(=O)[C@@H]2[C@H]3C[C@@H]([C@H](Br)[C@H]3Br)[C@H]2C1=O. The highest BCUT2D eigenvalue weighted by atomic mass is 79.9.